The second-order valence-electron chi connectivity index (χ2n) is 52.7. The molecule has 734 valence electrons. The van der Waals surface area contributed by atoms with Crippen molar-refractivity contribution in [2.24, 2.45) is 0 Å². The predicted molar refractivity (Wildman–Crippen MR) is 590 cm³/mol. The Morgan fingerprint density at radius 3 is 0.514 bits per heavy atom. The van der Waals surface area contributed by atoms with Gasteiger partial charge < -0.3 is 30.1 Å². The van der Waals surface area contributed by atoms with Crippen LogP contribution in [0.5, 0.6) is 0 Å². The Bertz CT molecular complexity index is 6830. The van der Waals surface area contributed by atoms with Crippen LogP contribution in [0, 0.1) is 0 Å². The summed E-state index contributed by atoms with van der Waals surface area (Å²) in [6.07, 6.45) is 12.7. The smallest absolute Gasteiger partial charge is 0.657 e. The zero-order valence-electron chi connectivity index (χ0n) is 90.7. The molecule has 140 heavy (non-hydrogen) atoms. The number of aromatic nitrogens is 8. The van der Waals surface area contributed by atoms with Gasteiger partial charge in [-0.2, -0.15) is 0 Å². The molecule has 2 N–H and O–H groups in total. The van der Waals surface area contributed by atoms with E-state index in [1.807, 2.05) is 24.3 Å². The third kappa shape index (κ3) is 20.9. The molecule has 12 aromatic rings. The van der Waals surface area contributed by atoms with Crippen LogP contribution in [0.1, 0.15) is 375 Å². The molecule has 10 heterocycles. The number of nitrogens with zero attached hydrogens (tertiary/aromatic N) is 8. The maximum Gasteiger partial charge on any atom is 2.00 e. The van der Waals surface area contributed by atoms with Crippen LogP contribution in [-0.2, 0) is 98.0 Å². The van der Waals surface area contributed by atoms with E-state index >= 15 is 10.2 Å². The first-order valence-corrected chi connectivity index (χ1v) is 49.9. The second-order valence-corrected chi connectivity index (χ2v) is 52.7. The first-order chi connectivity index (χ1) is 63.4. The first kappa shape index (κ1) is 105. The number of hydrogen-bond acceptors (Lipinski definition) is 6. The van der Waals surface area contributed by atoms with Gasteiger partial charge in [0.05, 0.1) is 45.6 Å². The summed E-state index contributed by atoms with van der Waals surface area (Å²) < 4.78 is 0. The summed E-state index contributed by atoms with van der Waals surface area (Å²) in [6, 6.07) is 63.1. The quantitative estimate of drug-likeness (QED) is 0.134. The standard InChI is InChI=1S/C128H150N8O2.2Ni/c1-115(2,3)79-51-73(52-80(63-79)116(4,5)6)109-95-41-39-91(129-95)69-105-93(71-107(135-105)113(77-59-87(123(25,26)27)67-88(60-77)124(28,29)30)103-49-47-101(133-103)111(99-45-43-97(109)131-99)75-55-83(119(13,14)15)65-84(56-75)120(16,17)18)127(37,137)128(38,138)94-72-108-114(78-61-89(125(31,32)33)68-90(62-78)126(34,35)36)104-50-48-102(134-104)112(76-57-85(121(19,20)21)66-86(58-76)122(22,23)24)100-46-44-98(132-100)110(96-42-40-92(130-96)70-106(94)136-108)74-53-81(117(7,8)9)64-82(54-74)118(10,11)12;;/h39-72,137-138H,1-38H3;;/q-4;2*+2. The van der Waals surface area contributed by atoms with E-state index in [-0.39, 0.29) is 98.0 Å². The van der Waals surface area contributed by atoms with E-state index in [0.29, 0.717) is 67.0 Å². The van der Waals surface area contributed by atoms with Crippen molar-refractivity contribution < 1.29 is 43.2 Å². The predicted octanol–water partition coefficient (Wildman–Crippen LogP) is 32.7. The Labute approximate surface area is 856 Å². The van der Waals surface area contributed by atoms with Crippen molar-refractivity contribution in [2.75, 3.05) is 0 Å². The van der Waals surface area contributed by atoms with Gasteiger partial charge in [-0.1, -0.05) is 419 Å². The summed E-state index contributed by atoms with van der Waals surface area (Å²) >= 11 is 0. The van der Waals surface area contributed by atoms with E-state index in [0.717, 1.165) is 123 Å². The van der Waals surface area contributed by atoms with Crippen LogP contribution in [0.25, 0.3) is 158 Å². The van der Waals surface area contributed by atoms with Gasteiger partial charge in [-0.05, 0) is 249 Å². The van der Waals surface area contributed by atoms with Crippen molar-refractivity contribution in [3.8, 4) is 66.8 Å². The Hall–Kier alpha value is -10.6. The summed E-state index contributed by atoms with van der Waals surface area (Å²) in [5, 5.41) is 30.3. The minimum Gasteiger partial charge on any atom is -0.657 e. The minimum atomic E-state index is -2.24. The van der Waals surface area contributed by atoms with Gasteiger partial charge in [-0.15, -0.1) is 44.1 Å². The van der Waals surface area contributed by atoms with E-state index in [1.54, 1.807) is 13.8 Å². The Morgan fingerprint density at radius 1 is 0.186 bits per heavy atom. The molecule has 12 heteroatoms. The number of hydrogen-bond donors (Lipinski definition) is 2. The summed E-state index contributed by atoms with van der Waals surface area (Å²) in [5.74, 6) is 0. The number of rotatable bonds is 9. The summed E-state index contributed by atoms with van der Waals surface area (Å²) in [7, 11) is 0. The Kier molecular flexibility index (Phi) is 26.9. The molecular formula is C128H150N8Ni2O2. The number of benzene rings is 6. The molecule has 0 saturated heterocycles. The molecule has 0 aliphatic carbocycles. The average molecular weight is 1950 g/mol. The molecule has 16 rings (SSSR count). The van der Waals surface area contributed by atoms with Gasteiger partial charge >= 0.3 is 33.0 Å². The zero-order chi connectivity index (χ0) is 101. The van der Waals surface area contributed by atoms with Gasteiger partial charge in [-0.3, -0.25) is 0 Å². The average Bonchev–Trinajstić information content (AvgIpc) is 1.56. The molecule has 6 aromatic heterocycles. The van der Waals surface area contributed by atoms with Crippen LogP contribution >= 0.6 is 0 Å². The SMILES string of the molecule is CC(C)(C)c1cc(-c2c3nc(c(-c4cc(C(C)(C)C)cc(C(C)(C)C)c4)c4ccc([n-]4)c(-c4cc(C(C)(C)C)cc(C(C)(C)C)c4)c4nc(cc5ccc2[n-]5)C(C(C)(O)C(C)(O)C2=Cc5nc2cc2ccc([n-]2)c(-c2cc(C(C)(C)C)cc(C(C)(C)C)c2)c2nc(c(-c6cc(C(C)(C)C)cc(C(C)(C)C)c6)c6ccc([n-]6)c5-c5cc(C(C)(C)C)cc(C(C)(C)C)c5)C=C2)=C4)C=C3)cc(C(C)(C)C)c1.[Ni+2].[Ni+2]. The van der Waals surface area contributed by atoms with E-state index in [9.17, 15) is 0 Å². The van der Waals surface area contributed by atoms with Gasteiger partial charge in [0.25, 0.3) is 0 Å². The molecule has 0 radical (unpaired) electrons. The maximum absolute atomic E-state index is 15.2. The molecule has 0 saturated carbocycles. The van der Waals surface area contributed by atoms with E-state index < -0.39 is 11.2 Å². The van der Waals surface area contributed by atoms with Crippen molar-refractivity contribution in [3.05, 3.63) is 282 Å². The van der Waals surface area contributed by atoms with Crippen molar-refractivity contribution in [1.82, 2.24) is 39.9 Å². The molecule has 4 aliphatic rings. The van der Waals surface area contributed by atoms with Crippen molar-refractivity contribution in [2.45, 2.75) is 339 Å². The van der Waals surface area contributed by atoms with E-state index in [4.69, 9.17) is 39.9 Å². The van der Waals surface area contributed by atoms with Crippen molar-refractivity contribution in [1.29, 1.82) is 0 Å². The van der Waals surface area contributed by atoms with Crippen LogP contribution in [-0.4, -0.2) is 41.4 Å². The number of fused-ring (bicyclic) bond motifs is 16. The maximum atomic E-state index is 15.2. The van der Waals surface area contributed by atoms with Gasteiger partial charge in [0.2, 0.25) is 0 Å². The minimum absolute atomic E-state index is 0. The van der Waals surface area contributed by atoms with Crippen LogP contribution in [0.4, 0.5) is 0 Å². The fraction of sp³-hybridized carbons (Fsp3) is 0.406. The molecule has 6 aromatic carbocycles. The largest absolute Gasteiger partial charge is 2.00 e. The topological polar surface area (TPSA) is 148 Å². The Balaban J connectivity index is 0.00000780. The van der Waals surface area contributed by atoms with Crippen LogP contribution in [0.15, 0.2) is 170 Å². The molecule has 16 bridgehead atoms. The molecule has 2 unspecified atom stereocenters. The molecule has 0 amide bonds. The monoisotopic (exact) mass is 1950 g/mol. The van der Waals surface area contributed by atoms with Crippen LogP contribution in [0.2, 0.25) is 0 Å². The third-order valence-electron chi connectivity index (χ3n) is 28.8. The molecule has 4 aliphatic heterocycles. The van der Waals surface area contributed by atoms with Crippen LogP contribution in [0.3, 0.4) is 0 Å². The number of aliphatic hydroxyl groups is 2. The van der Waals surface area contributed by atoms with Crippen LogP contribution < -0.4 is 19.9 Å². The van der Waals surface area contributed by atoms with Gasteiger partial charge in [0.1, 0.15) is 11.2 Å². The molecule has 0 spiro atoms. The first-order valence-electron chi connectivity index (χ1n) is 49.9. The second kappa shape index (κ2) is 35.8. The third-order valence-corrected chi connectivity index (χ3v) is 28.8. The normalized spacial score (nSPS) is 14.7. The fourth-order valence-corrected chi connectivity index (χ4v) is 19.1. The summed E-state index contributed by atoms with van der Waals surface area (Å²) in [5.41, 5.74) is 28.6. The summed E-state index contributed by atoms with van der Waals surface area (Å²) in [4.78, 5) is 47.2. The molecule has 0 fully saturated rings. The van der Waals surface area contributed by atoms with E-state index in [2.05, 4.69) is 431 Å². The van der Waals surface area contributed by atoms with E-state index in [1.165, 1.54) is 44.5 Å². The molecule has 2 atom stereocenters. The van der Waals surface area contributed by atoms with Crippen molar-refractivity contribution >= 4 is 91.7 Å². The van der Waals surface area contributed by atoms with Gasteiger partial charge in [-0.25, -0.2) is 19.9 Å². The van der Waals surface area contributed by atoms with Gasteiger partial charge in [0.15, 0.2) is 0 Å². The molecular weight excluding hydrogens is 1800 g/mol. The van der Waals surface area contributed by atoms with Gasteiger partial charge in [0, 0.05) is 11.1 Å². The Morgan fingerprint density at radius 2 is 0.343 bits per heavy atom. The molecule has 10 nitrogen and oxygen atoms in total. The zero-order valence-corrected chi connectivity index (χ0v) is 92.7. The fourth-order valence-electron chi connectivity index (χ4n) is 19.1. The summed E-state index contributed by atoms with van der Waals surface area (Å²) in [6.45, 7) is 85.6. The van der Waals surface area contributed by atoms with Crippen molar-refractivity contribution in [3.63, 3.8) is 0 Å².